The fraction of sp³-hybridized carbons (Fsp3) is 0.727. The van der Waals surface area contributed by atoms with Crippen LogP contribution in [0, 0.1) is 17.1 Å². The van der Waals surface area contributed by atoms with E-state index in [4.69, 9.17) is 12.2 Å². The SMILES string of the molecule is Cc1cn(CC(C)(C)CN(C)C)c(=S)[nH]1. The summed E-state index contributed by atoms with van der Waals surface area (Å²) in [4.78, 5) is 5.36. The van der Waals surface area contributed by atoms with Crippen LogP contribution in [0.1, 0.15) is 19.5 Å². The number of hydrogen-bond acceptors (Lipinski definition) is 2. The molecule has 1 aromatic rings. The lowest BCUT2D eigenvalue weighted by Gasteiger charge is -2.28. The van der Waals surface area contributed by atoms with Crippen molar-refractivity contribution in [2.75, 3.05) is 20.6 Å². The zero-order valence-corrected chi connectivity index (χ0v) is 11.1. The van der Waals surface area contributed by atoms with Crippen molar-refractivity contribution in [3.8, 4) is 0 Å². The first-order valence-electron chi connectivity index (χ1n) is 5.21. The molecule has 0 aliphatic carbocycles. The number of H-pyrrole nitrogens is 1. The first-order valence-corrected chi connectivity index (χ1v) is 5.62. The fourth-order valence-corrected chi connectivity index (χ4v) is 2.33. The molecular formula is C11H21N3S. The lowest BCUT2D eigenvalue weighted by atomic mass is 9.93. The molecule has 0 saturated heterocycles. The fourth-order valence-electron chi connectivity index (χ4n) is 2.05. The van der Waals surface area contributed by atoms with Gasteiger partial charge in [0.2, 0.25) is 0 Å². The summed E-state index contributed by atoms with van der Waals surface area (Å²) >= 11 is 5.25. The van der Waals surface area contributed by atoms with Crippen LogP contribution in [-0.4, -0.2) is 35.1 Å². The van der Waals surface area contributed by atoms with Crippen LogP contribution in [0.15, 0.2) is 6.20 Å². The topological polar surface area (TPSA) is 24.0 Å². The van der Waals surface area contributed by atoms with Crippen molar-refractivity contribution in [1.82, 2.24) is 14.5 Å². The van der Waals surface area contributed by atoms with Gasteiger partial charge < -0.3 is 14.5 Å². The van der Waals surface area contributed by atoms with Crippen LogP contribution in [0.3, 0.4) is 0 Å². The van der Waals surface area contributed by atoms with E-state index in [1.165, 1.54) is 0 Å². The quantitative estimate of drug-likeness (QED) is 0.799. The smallest absolute Gasteiger partial charge is 0.177 e. The lowest BCUT2D eigenvalue weighted by molar-refractivity contribution is 0.210. The minimum Gasteiger partial charge on any atom is -0.335 e. The Kier molecular flexibility index (Phi) is 3.73. The van der Waals surface area contributed by atoms with Crippen molar-refractivity contribution in [3.05, 3.63) is 16.7 Å². The summed E-state index contributed by atoms with van der Waals surface area (Å²) in [6.07, 6.45) is 2.08. The molecule has 0 spiro atoms. The number of nitrogens with one attached hydrogen (secondary N) is 1. The number of rotatable bonds is 4. The normalized spacial score (nSPS) is 12.4. The molecule has 0 atom stereocenters. The van der Waals surface area contributed by atoms with Crippen molar-refractivity contribution in [3.63, 3.8) is 0 Å². The molecule has 1 N–H and O–H groups in total. The number of imidazole rings is 1. The Morgan fingerprint density at radius 2 is 2.07 bits per heavy atom. The predicted octanol–water partition coefficient (Wildman–Crippen LogP) is 2.44. The maximum atomic E-state index is 5.25. The van der Waals surface area contributed by atoms with E-state index in [2.05, 4.69) is 48.6 Å². The largest absolute Gasteiger partial charge is 0.335 e. The van der Waals surface area contributed by atoms with Gasteiger partial charge >= 0.3 is 0 Å². The van der Waals surface area contributed by atoms with Crippen molar-refractivity contribution >= 4 is 12.2 Å². The van der Waals surface area contributed by atoms with Gasteiger partial charge in [0.1, 0.15) is 0 Å². The summed E-state index contributed by atoms with van der Waals surface area (Å²) in [5, 5.41) is 0. The maximum Gasteiger partial charge on any atom is 0.177 e. The summed E-state index contributed by atoms with van der Waals surface area (Å²) < 4.78 is 2.94. The van der Waals surface area contributed by atoms with E-state index in [-0.39, 0.29) is 5.41 Å². The molecule has 0 aromatic carbocycles. The van der Waals surface area contributed by atoms with Gasteiger partial charge in [-0.15, -0.1) is 0 Å². The Morgan fingerprint density at radius 1 is 1.47 bits per heavy atom. The van der Waals surface area contributed by atoms with Crippen LogP contribution in [0.2, 0.25) is 0 Å². The molecular weight excluding hydrogens is 206 g/mol. The molecule has 1 heterocycles. The molecule has 0 aliphatic rings. The molecule has 0 aliphatic heterocycles. The number of aryl methyl sites for hydroxylation is 1. The molecule has 1 aromatic heterocycles. The van der Waals surface area contributed by atoms with Gasteiger partial charge in [0, 0.05) is 25.0 Å². The molecule has 0 fully saturated rings. The van der Waals surface area contributed by atoms with Gasteiger partial charge in [0.15, 0.2) is 4.77 Å². The lowest BCUT2D eigenvalue weighted by Crippen LogP contribution is -2.32. The van der Waals surface area contributed by atoms with Gasteiger partial charge in [0.05, 0.1) is 0 Å². The van der Waals surface area contributed by atoms with Crippen LogP contribution in [0.25, 0.3) is 0 Å². The molecule has 0 bridgehead atoms. The van der Waals surface area contributed by atoms with Crippen molar-refractivity contribution in [2.24, 2.45) is 5.41 Å². The highest BCUT2D eigenvalue weighted by Crippen LogP contribution is 2.19. The summed E-state index contributed by atoms with van der Waals surface area (Å²) in [7, 11) is 4.20. The summed E-state index contributed by atoms with van der Waals surface area (Å²) in [6.45, 7) is 8.56. The average Bonchev–Trinajstić information content (AvgIpc) is 2.25. The van der Waals surface area contributed by atoms with E-state index in [0.29, 0.717) is 0 Å². The third-order valence-electron chi connectivity index (χ3n) is 2.26. The first-order chi connectivity index (χ1) is 6.80. The Labute approximate surface area is 97.1 Å². The van der Waals surface area contributed by atoms with Crippen LogP contribution >= 0.6 is 12.2 Å². The number of nitrogens with zero attached hydrogens (tertiary/aromatic N) is 2. The van der Waals surface area contributed by atoms with Crippen LogP contribution in [0.4, 0.5) is 0 Å². The molecule has 0 unspecified atom stereocenters. The zero-order chi connectivity index (χ0) is 11.6. The highest BCUT2D eigenvalue weighted by atomic mass is 32.1. The van der Waals surface area contributed by atoms with Gasteiger partial charge in [-0.3, -0.25) is 0 Å². The molecule has 0 radical (unpaired) electrons. The average molecular weight is 227 g/mol. The number of aromatic nitrogens is 2. The number of aromatic amines is 1. The van der Waals surface area contributed by atoms with E-state index < -0.39 is 0 Å². The van der Waals surface area contributed by atoms with Crippen molar-refractivity contribution in [2.45, 2.75) is 27.3 Å². The van der Waals surface area contributed by atoms with Gasteiger partial charge in [-0.05, 0) is 38.7 Å². The molecule has 1 rings (SSSR count). The Balaban J connectivity index is 2.77. The van der Waals surface area contributed by atoms with Crippen molar-refractivity contribution in [1.29, 1.82) is 0 Å². The molecule has 3 nitrogen and oxygen atoms in total. The number of hydrogen-bond donors (Lipinski definition) is 1. The molecule has 0 saturated carbocycles. The third-order valence-corrected chi connectivity index (χ3v) is 2.59. The van der Waals surface area contributed by atoms with E-state index in [0.717, 1.165) is 23.6 Å². The third kappa shape index (κ3) is 3.80. The van der Waals surface area contributed by atoms with E-state index >= 15 is 0 Å². The maximum absolute atomic E-state index is 5.25. The van der Waals surface area contributed by atoms with Gasteiger partial charge in [-0.25, -0.2) is 0 Å². The Bertz CT molecular complexity index is 373. The first kappa shape index (κ1) is 12.5. The van der Waals surface area contributed by atoms with Crippen LogP contribution < -0.4 is 0 Å². The van der Waals surface area contributed by atoms with Gasteiger partial charge in [-0.1, -0.05) is 13.8 Å². The standard InChI is InChI=1S/C11H21N3S/c1-9-6-14(10(15)12-9)8-11(2,3)7-13(4)5/h6H,7-8H2,1-5H3,(H,12,15). The van der Waals surface area contributed by atoms with Crippen molar-refractivity contribution < 1.29 is 0 Å². The monoisotopic (exact) mass is 227 g/mol. The predicted molar refractivity (Wildman–Crippen MR) is 66.7 cm³/mol. The summed E-state index contributed by atoms with van der Waals surface area (Å²) in [5.41, 5.74) is 1.36. The van der Waals surface area contributed by atoms with E-state index in [9.17, 15) is 0 Å². The minimum absolute atomic E-state index is 0.232. The molecule has 86 valence electrons. The highest BCUT2D eigenvalue weighted by molar-refractivity contribution is 7.71. The summed E-state index contributed by atoms with van der Waals surface area (Å²) in [5.74, 6) is 0. The summed E-state index contributed by atoms with van der Waals surface area (Å²) in [6, 6.07) is 0. The second-order valence-electron chi connectivity index (χ2n) is 5.27. The van der Waals surface area contributed by atoms with E-state index in [1.54, 1.807) is 0 Å². The zero-order valence-electron chi connectivity index (χ0n) is 10.3. The van der Waals surface area contributed by atoms with E-state index in [1.807, 2.05) is 6.92 Å². The Hall–Kier alpha value is -0.610. The second kappa shape index (κ2) is 4.49. The van der Waals surface area contributed by atoms with Gasteiger partial charge in [0.25, 0.3) is 0 Å². The molecule has 4 heteroatoms. The molecule has 0 amide bonds. The van der Waals surface area contributed by atoms with Gasteiger partial charge in [-0.2, -0.15) is 0 Å². The second-order valence-corrected chi connectivity index (χ2v) is 5.66. The Morgan fingerprint density at radius 3 is 2.47 bits per heavy atom. The van der Waals surface area contributed by atoms with Crippen LogP contribution in [0.5, 0.6) is 0 Å². The minimum atomic E-state index is 0.232. The molecule has 15 heavy (non-hydrogen) atoms. The highest BCUT2D eigenvalue weighted by Gasteiger charge is 2.19. The van der Waals surface area contributed by atoms with Crippen LogP contribution in [-0.2, 0) is 6.54 Å².